The van der Waals surface area contributed by atoms with Crippen molar-refractivity contribution in [2.45, 2.75) is 46.7 Å². The molecule has 1 atom stereocenters. The maximum Gasteiger partial charge on any atom is 0.261 e. The second-order valence-electron chi connectivity index (χ2n) is 5.40. The lowest BCUT2D eigenvalue weighted by Gasteiger charge is -2.16. The van der Waals surface area contributed by atoms with Crippen molar-refractivity contribution in [3.63, 3.8) is 0 Å². The number of aromatic nitrogens is 3. The Morgan fingerprint density at radius 3 is 2.68 bits per heavy atom. The molecule has 22 heavy (non-hydrogen) atoms. The Morgan fingerprint density at radius 2 is 2.14 bits per heavy atom. The molecule has 0 unspecified atom stereocenters. The molecule has 0 saturated carbocycles. The van der Waals surface area contributed by atoms with Gasteiger partial charge in [-0.05, 0) is 38.8 Å². The van der Waals surface area contributed by atoms with Gasteiger partial charge in [-0.1, -0.05) is 6.92 Å². The summed E-state index contributed by atoms with van der Waals surface area (Å²) in [5.74, 6) is -0.352. The van der Waals surface area contributed by atoms with Gasteiger partial charge in [-0.3, -0.25) is 14.3 Å². The molecular formula is C16H22N4O2. The number of aryl methyl sites for hydroxylation is 3. The molecule has 1 amide bonds. The van der Waals surface area contributed by atoms with Crippen molar-refractivity contribution in [2.24, 2.45) is 0 Å². The summed E-state index contributed by atoms with van der Waals surface area (Å²) in [4.78, 5) is 27.2. The smallest absolute Gasteiger partial charge is 0.261 e. The lowest BCUT2D eigenvalue weighted by molar-refractivity contribution is 0.0933. The van der Waals surface area contributed by atoms with Crippen LogP contribution in [0.4, 0.5) is 0 Å². The van der Waals surface area contributed by atoms with Crippen molar-refractivity contribution in [1.82, 2.24) is 20.1 Å². The summed E-state index contributed by atoms with van der Waals surface area (Å²) >= 11 is 0. The van der Waals surface area contributed by atoms with E-state index < -0.39 is 0 Å². The fourth-order valence-electron chi connectivity index (χ4n) is 2.52. The summed E-state index contributed by atoms with van der Waals surface area (Å²) in [5.41, 5.74) is 2.19. The number of amides is 1. The first-order valence-corrected chi connectivity index (χ1v) is 7.50. The highest BCUT2D eigenvalue weighted by Crippen LogP contribution is 2.16. The van der Waals surface area contributed by atoms with Crippen LogP contribution in [0.5, 0.6) is 0 Å². The normalized spacial score (nSPS) is 12.2. The zero-order chi connectivity index (χ0) is 16.3. The fraction of sp³-hybridized carbons (Fsp3) is 0.438. The molecule has 6 nitrogen and oxygen atoms in total. The van der Waals surface area contributed by atoms with Gasteiger partial charge in [-0.2, -0.15) is 5.10 Å². The summed E-state index contributed by atoms with van der Waals surface area (Å²) in [6, 6.07) is 1.64. The third-order valence-corrected chi connectivity index (χ3v) is 3.69. The number of aromatic amines is 1. The van der Waals surface area contributed by atoms with Gasteiger partial charge in [-0.15, -0.1) is 0 Å². The van der Waals surface area contributed by atoms with Crippen molar-refractivity contribution in [3.8, 4) is 0 Å². The van der Waals surface area contributed by atoms with Crippen molar-refractivity contribution >= 4 is 5.91 Å². The third-order valence-electron chi connectivity index (χ3n) is 3.69. The van der Waals surface area contributed by atoms with Crippen LogP contribution in [-0.4, -0.2) is 20.7 Å². The third kappa shape index (κ3) is 3.27. The predicted molar refractivity (Wildman–Crippen MR) is 84.9 cm³/mol. The maximum absolute atomic E-state index is 12.5. The zero-order valence-electron chi connectivity index (χ0n) is 13.4. The maximum atomic E-state index is 12.5. The van der Waals surface area contributed by atoms with Crippen molar-refractivity contribution in [3.05, 3.63) is 51.2 Å². The Hall–Kier alpha value is -2.37. The van der Waals surface area contributed by atoms with Crippen LogP contribution in [0.25, 0.3) is 0 Å². The second kappa shape index (κ2) is 6.60. The van der Waals surface area contributed by atoms with Gasteiger partial charge in [0.1, 0.15) is 5.56 Å². The molecule has 0 bridgehead atoms. The lowest BCUT2D eigenvalue weighted by atomic mass is 10.1. The molecule has 0 fully saturated rings. The van der Waals surface area contributed by atoms with E-state index in [1.54, 1.807) is 26.1 Å². The molecular weight excluding hydrogens is 280 g/mol. The van der Waals surface area contributed by atoms with Gasteiger partial charge in [0.2, 0.25) is 0 Å². The Balaban J connectivity index is 2.25. The first kappa shape index (κ1) is 16.0. The fourth-order valence-corrected chi connectivity index (χ4v) is 2.52. The average molecular weight is 302 g/mol. The molecule has 0 aromatic carbocycles. The van der Waals surface area contributed by atoms with Crippen molar-refractivity contribution in [1.29, 1.82) is 0 Å². The molecule has 0 aliphatic carbocycles. The molecule has 0 aliphatic rings. The Kier molecular flexibility index (Phi) is 4.80. The minimum atomic E-state index is -0.353. The van der Waals surface area contributed by atoms with Gasteiger partial charge in [0.15, 0.2) is 0 Å². The summed E-state index contributed by atoms with van der Waals surface area (Å²) in [6.07, 6.45) is 4.40. The molecule has 0 radical (unpaired) electrons. The first-order valence-electron chi connectivity index (χ1n) is 7.50. The first-order chi connectivity index (χ1) is 10.5. The summed E-state index contributed by atoms with van der Waals surface area (Å²) in [5, 5.41) is 7.15. The Morgan fingerprint density at radius 1 is 1.41 bits per heavy atom. The monoisotopic (exact) mass is 302 g/mol. The van der Waals surface area contributed by atoms with E-state index in [0.717, 1.165) is 24.2 Å². The van der Waals surface area contributed by atoms with E-state index in [1.807, 2.05) is 24.7 Å². The van der Waals surface area contributed by atoms with Gasteiger partial charge < -0.3 is 10.3 Å². The molecule has 6 heteroatoms. The van der Waals surface area contributed by atoms with E-state index in [9.17, 15) is 9.59 Å². The van der Waals surface area contributed by atoms with Crippen molar-refractivity contribution in [2.75, 3.05) is 0 Å². The summed E-state index contributed by atoms with van der Waals surface area (Å²) in [6.45, 7) is 8.34. The number of carbonyl (C=O) groups excluding carboxylic acids is 1. The number of hydrogen-bond acceptors (Lipinski definition) is 3. The highest BCUT2D eigenvalue weighted by Gasteiger charge is 2.19. The highest BCUT2D eigenvalue weighted by atomic mass is 16.2. The number of nitrogens with one attached hydrogen (secondary N) is 2. The minimum Gasteiger partial charge on any atom is -0.345 e. The Bertz CT molecular complexity index is 730. The number of rotatable bonds is 5. The molecule has 0 aliphatic heterocycles. The van der Waals surface area contributed by atoms with Gasteiger partial charge >= 0.3 is 0 Å². The van der Waals surface area contributed by atoms with Crippen LogP contribution in [0.3, 0.4) is 0 Å². The quantitative estimate of drug-likeness (QED) is 0.887. The van der Waals surface area contributed by atoms with Crippen LogP contribution in [-0.2, 0) is 6.54 Å². The summed E-state index contributed by atoms with van der Waals surface area (Å²) in [7, 11) is 0. The van der Waals surface area contributed by atoms with Gasteiger partial charge in [-0.25, -0.2) is 0 Å². The number of carbonyl (C=O) groups is 1. The van der Waals surface area contributed by atoms with Crippen LogP contribution in [0.15, 0.2) is 23.3 Å². The van der Waals surface area contributed by atoms with Gasteiger partial charge in [0, 0.05) is 24.0 Å². The van der Waals surface area contributed by atoms with Crippen LogP contribution in [0.1, 0.15) is 53.5 Å². The van der Waals surface area contributed by atoms with Crippen LogP contribution >= 0.6 is 0 Å². The lowest BCUT2D eigenvalue weighted by Crippen LogP contribution is -2.33. The largest absolute Gasteiger partial charge is 0.345 e. The van der Waals surface area contributed by atoms with Crippen LogP contribution in [0, 0.1) is 13.8 Å². The van der Waals surface area contributed by atoms with E-state index in [-0.39, 0.29) is 23.1 Å². The minimum absolute atomic E-state index is 0.159. The molecule has 2 rings (SSSR count). The van der Waals surface area contributed by atoms with E-state index >= 15 is 0 Å². The number of nitrogens with zero attached hydrogens (tertiary/aromatic N) is 2. The molecule has 0 saturated heterocycles. The summed E-state index contributed by atoms with van der Waals surface area (Å²) < 4.78 is 1.81. The molecule has 2 aromatic heterocycles. The SMILES string of the molecule is CC[C@H](NC(=O)c1c(C)cc(C)[nH]c1=O)c1cnn(CC)c1. The number of hydrogen-bond donors (Lipinski definition) is 2. The van der Waals surface area contributed by atoms with E-state index in [4.69, 9.17) is 0 Å². The second-order valence-corrected chi connectivity index (χ2v) is 5.40. The zero-order valence-corrected chi connectivity index (χ0v) is 13.4. The number of H-pyrrole nitrogens is 1. The van der Waals surface area contributed by atoms with Crippen LogP contribution < -0.4 is 10.9 Å². The van der Waals surface area contributed by atoms with Crippen LogP contribution in [0.2, 0.25) is 0 Å². The van der Waals surface area contributed by atoms with E-state index in [1.165, 1.54) is 0 Å². The molecule has 118 valence electrons. The molecule has 2 heterocycles. The Labute approximate surface area is 129 Å². The van der Waals surface area contributed by atoms with Gasteiger partial charge in [0.25, 0.3) is 11.5 Å². The molecule has 2 aromatic rings. The van der Waals surface area contributed by atoms with Gasteiger partial charge in [0.05, 0.1) is 12.2 Å². The highest BCUT2D eigenvalue weighted by molar-refractivity contribution is 5.95. The van der Waals surface area contributed by atoms with E-state index in [2.05, 4.69) is 15.4 Å². The standard InChI is InChI=1S/C16H22N4O2/c1-5-13(12-8-17-20(6-2)9-12)19-16(22)14-10(3)7-11(4)18-15(14)21/h7-9,13H,5-6H2,1-4H3,(H,18,21)(H,19,22)/t13-/m0/s1. The van der Waals surface area contributed by atoms with Crippen molar-refractivity contribution < 1.29 is 4.79 Å². The van der Waals surface area contributed by atoms with E-state index in [0.29, 0.717) is 5.56 Å². The molecule has 0 spiro atoms. The molecule has 2 N–H and O–H groups in total. The number of pyridine rings is 1. The topological polar surface area (TPSA) is 79.8 Å². The average Bonchev–Trinajstić information content (AvgIpc) is 2.92. The predicted octanol–water partition coefficient (Wildman–Crippen LogP) is 2.09.